The van der Waals surface area contributed by atoms with E-state index in [1.165, 1.54) is 0 Å². The van der Waals surface area contributed by atoms with Crippen molar-refractivity contribution in [3.63, 3.8) is 0 Å². The lowest BCUT2D eigenvalue weighted by Gasteiger charge is -2.36. The van der Waals surface area contributed by atoms with Crippen molar-refractivity contribution >= 4 is 23.6 Å². The highest BCUT2D eigenvalue weighted by Crippen LogP contribution is 2.27. The predicted octanol–water partition coefficient (Wildman–Crippen LogP) is 2.19. The van der Waals surface area contributed by atoms with Gasteiger partial charge >= 0.3 is 0 Å². The first-order valence-corrected chi connectivity index (χ1v) is 10.2. The van der Waals surface area contributed by atoms with Crippen molar-refractivity contribution in [3.05, 3.63) is 35.4 Å². The van der Waals surface area contributed by atoms with E-state index < -0.39 is 5.54 Å². The largest absolute Gasteiger partial charge is 0.394 e. The van der Waals surface area contributed by atoms with Gasteiger partial charge in [0.25, 0.3) is 5.91 Å². The molecule has 5 nitrogen and oxygen atoms in total. The Hall–Kier alpha value is -1.53. The molecule has 0 unspecified atom stereocenters. The number of likely N-dealkylation sites (tertiary alicyclic amines) is 1. The highest BCUT2D eigenvalue weighted by atomic mass is 32.2. The summed E-state index contributed by atoms with van der Waals surface area (Å²) in [6, 6.07) is 7.45. The fraction of sp³-hybridized carbons (Fsp3) is 0.579. The Bertz CT molecular complexity index is 612. The Morgan fingerprint density at radius 2 is 1.92 bits per heavy atom. The molecule has 2 amide bonds. The lowest BCUT2D eigenvalue weighted by Crippen LogP contribution is -2.53. The first kappa shape index (κ1) is 18.3. The van der Waals surface area contributed by atoms with Gasteiger partial charge in [0.15, 0.2) is 0 Å². The third-order valence-electron chi connectivity index (χ3n) is 5.14. The van der Waals surface area contributed by atoms with Gasteiger partial charge in [0.2, 0.25) is 5.91 Å². The molecule has 0 bridgehead atoms. The topological polar surface area (TPSA) is 69.6 Å². The zero-order chi connectivity index (χ0) is 17.7. The summed E-state index contributed by atoms with van der Waals surface area (Å²) in [5, 5.41) is 12.8. The molecule has 0 saturated carbocycles. The van der Waals surface area contributed by atoms with Crippen LogP contribution in [0.1, 0.15) is 48.0 Å². The first-order valence-electron chi connectivity index (χ1n) is 9.00. The maximum absolute atomic E-state index is 12.5. The number of piperidine rings is 1. The average Bonchev–Trinajstić information content (AvgIpc) is 2.65. The zero-order valence-corrected chi connectivity index (χ0v) is 15.3. The van der Waals surface area contributed by atoms with Crippen LogP contribution in [0, 0.1) is 0 Å². The number of carbonyl (C=O) groups is 2. The quantitative estimate of drug-likeness (QED) is 0.842. The van der Waals surface area contributed by atoms with Gasteiger partial charge in [0.05, 0.1) is 12.1 Å². The molecule has 136 valence electrons. The zero-order valence-electron chi connectivity index (χ0n) is 14.5. The van der Waals surface area contributed by atoms with Crippen molar-refractivity contribution in [2.75, 3.05) is 24.7 Å². The van der Waals surface area contributed by atoms with Crippen molar-refractivity contribution in [1.82, 2.24) is 10.2 Å². The van der Waals surface area contributed by atoms with E-state index in [2.05, 4.69) is 5.32 Å². The molecular formula is C19H26N2O3S. The van der Waals surface area contributed by atoms with Gasteiger partial charge in [-0.05, 0) is 54.9 Å². The normalized spacial score (nSPS) is 20.4. The summed E-state index contributed by atoms with van der Waals surface area (Å²) < 4.78 is 0. The van der Waals surface area contributed by atoms with E-state index in [1.54, 1.807) is 0 Å². The van der Waals surface area contributed by atoms with Crippen LogP contribution in [0.25, 0.3) is 0 Å². The van der Waals surface area contributed by atoms with E-state index in [1.807, 2.05) is 40.9 Å². The van der Waals surface area contributed by atoms with Crippen LogP contribution in [-0.2, 0) is 11.3 Å². The summed E-state index contributed by atoms with van der Waals surface area (Å²) in [6.07, 6.45) is 4.29. The predicted molar refractivity (Wildman–Crippen MR) is 99.6 cm³/mol. The lowest BCUT2D eigenvalue weighted by atomic mass is 9.92. The van der Waals surface area contributed by atoms with Crippen molar-refractivity contribution in [2.24, 2.45) is 0 Å². The molecule has 2 fully saturated rings. The van der Waals surface area contributed by atoms with E-state index in [4.69, 9.17) is 0 Å². The SMILES string of the molecule is O=C(NC1(CO)CCSCC1)c1ccc(CN2CCCCC2=O)cc1. The molecule has 2 aliphatic heterocycles. The average molecular weight is 362 g/mol. The Balaban J connectivity index is 1.61. The van der Waals surface area contributed by atoms with Crippen LogP contribution in [0.4, 0.5) is 0 Å². The van der Waals surface area contributed by atoms with Crippen LogP contribution in [0.15, 0.2) is 24.3 Å². The number of nitrogens with one attached hydrogen (secondary N) is 1. The summed E-state index contributed by atoms with van der Waals surface area (Å²) in [7, 11) is 0. The van der Waals surface area contributed by atoms with Gasteiger partial charge in [0.1, 0.15) is 0 Å². The molecule has 2 N–H and O–H groups in total. The highest BCUT2D eigenvalue weighted by molar-refractivity contribution is 7.99. The molecule has 1 aromatic rings. The molecule has 3 rings (SSSR count). The second-order valence-corrected chi connectivity index (χ2v) is 8.20. The number of aliphatic hydroxyl groups is 1. The minimum atomic E-state index is -0.485. The number of carbonyl (C=O) groups excluding carboxylic acids is 2. The van der Waals surface area contributed by atoms with E-state index in [-0.39, 0.29) is 18.4 Å². The number of amides is 2. The minimum absolute atomic E-state index is 0.0194. The molecule has 1 aromatic carbocycles. The fourth-order valence-electron chi connectivity index (χ4n) is 3.41. The van der Waals surface area contributed by atoms with E-state index in [0.717, 1.165) is 49.3 Å². The Morgan fingerprint density at radius 3 is 2.56 bits per heavy atom. The van der Waals surface area contributed by atoms with Crippen molar-refractivity contribution in [1.29, 1.82) is 0 Å². The first-order chi connectivity index (χ1) is 12.1. The second-order valence-electron chi connectivity index (χ2n) is 6.97. The number of hydrogen-bond donors (Lipinski definition) is 2. The van der Waals surface area contributed by atoms with Gasteiger partial charge in [0, 0.05) is 25.1 Å². The Morgan fingerprint density at radius 1 is 1.20 bits per heavy atom. The molecule has 0 atom stereocenters. The van der Waals surface area contributed by atoms with Gasteiger partial charge in [-0.15, -0.1) is 0 Å². The maximum Gasteiger partial charge on any atom is 0.251 e. The molecule has 2 heterocycles. The molecule has 0 aliphatic carbocycles. The summed E-state index contributed by atoms with van der Waals surface area (Å²) in [4.78, 5) is 26.3. The smallest absolute Gasteiger partial charge is 0.251 e. The van der Waals surface area contributed by atoms with E-state index >= 15 is 0 Å². The lowest BCUT2D eigenvalue weighted by molar-refractivity contribution is -0.133. The molecule has 0 radical (unpaired) electrons. The van der Waals surface area contributed by atoms with Crippen LogP contribution in [0.5, 0.6) is 0 Å². The minimum Gasteiger partial charge on any atom is -0.394 e. The maximum atomic E-state index is 12.5. The van der Waals surface area contributed by atoms with Gasteiger partial charge in [-0.2, -0.15) is 11.8 Å². The molecule has 6 heteroatoms. The number of thioether (sulfide) groups is 1. The Labute approximate surface area is 153 Å². The summed E-state index contributed by atoms with van der Waals surface area (Å²) in [5.41, 5.74) is 1.15. The van der Waals surface area contributed by atoms with Crippen molar-refractivity contribution in [2.45, 2.75) is 44.2 Å². The van der Waals surface area contributed by atoms with Crippen molar-refractivity contribution < 1.29 is 14.7 Å². The van der Waals surface area contributed by atoms with Crippen LogP contribution in [0.3, 0.4) is 0 Å². The summed E-state index contributed by atoms with van der Waals surface area (Å²) >= 11 is 1.86. The fourth-order valence-corrected chi connectivity index (χ4v) is 4.68. The standard InChI is InChI=1S/C19H26N2O3S/c22-14-19(8-11-25-12-9-19)20-18(24)16-6-4-15(5-7-16)13-21-10-2-1-3-17(21)23/h4-7,22H,1-3,8-14H2,(H,20,24). The van der Waals surface area contributed by atoms with Crippen LogP contribution >= 0.6 is 11.8 Å². The number of aliphatic hydroxyl groups excluding tert-OH is 1. The van der Waals surface area contributed by atoms with Gasteiger partial charge in [-0.1, -0.05) is 12.1 Å². The van der Waals surface area contributed by atoms with Crippen LogP contribution < -0.4 is 5.32 Å². The third-order valence-corrected chi connectivity index (χ3v) is 6.13. The molecule has 0 aromatic heterocycles. The van der Waals surface area contributed by atoms with Gasteiger partial charge in [-0.3, -0.25) is 9.59 Å². The van der Waals surface area contributed by atoms with Crippen LogP contribution in [-0.4, -0.2) is 52.0 Å². The molecular weight excluding hydrogens is 336 g/mol. The van der Waals surface area contributed by atoms with Gasteiger partial charge in [-0.25, -0.2) is 0 Å². The number of hydrogen-bond acceptors (Lipinski definition) is 4. The molecule has 2 saturated heterocycles. The van der Waals surface area contributed by atoms with E-state index in [0.29, 0.717) is 18.5 Å². The highest BCUT2D eigenvalue weighted by Gasteiger charge is 2.33. The molecule has 0 spiro atoms. The molecule has 2 aliphatic rings. The number of nitrogens with zero attached hydrogens (tertiary/aromatic N) is 1. The molecule has 25 heavy (non-hydrogen) atoms. The van der Waals surface area contributed by atoms with Crippen molar-refractivity contribution in [3.8, 4) is 0 Å². The second kappa shape index (κ2) is 8.23. The number of benzene rings is 1. The Kier molecular flexibility index (Phi) is 6.02. The van der Waals surface area contributed by atoms with Gasteiger partial charge < -0.3 is 15.3 Å². The third kappa shape index (κ3) is 4.55. The monoisotopic (exact) mass is 362 g/mol. The summed E-state index contributed by atoms with van der Waals surface area (Å²) in [5.74, 6) is 2.00. The van der Waals surface area contributed by atoms with E-state index in [9.17, 15) is 14.7 Å². The summed E-state index contributed by atoms with van der Waals surface area (Å²) in [6.45, 7) is 1.41. The number of rotatable bonds is 5. The van der Waals surface area contributed by atoms with Crippen LogP contribution in [0.2, 0.25) is 0 Å².